The van der Waals surface area contributed by atoms with Gasteiger partial charge >= 0.3 is 24.2 Å². The standard InChI is InChI=1S/C21H24F3N3O5/c22-21(23,24)16-4-3-15(17(13-16)26-7-1-2-8-26)14-25-9-11-27(12-10-25)20(31)32-19(30)6-5-18(28)29/h3-6,13H,1-2,7-12,14H2,(H,28,29)/b6-5+. The second-order valence-electron chi connectivity index (χ2n) is 7.66. The third-order valence-corrected chi connectivity index (χ3v) is 5.43. The molecule has 0 saturated carbocycles. The molecule has 2 heterocycles. The fourth-order valence-corrected chi connectivity index (χ4v) is 3.78. The van der Waals surface area contributed by atoms with Gasteiger partial charge in [0.1, 0.15) is 0 Å². The van der Waals surface area contributed by atoms with Gasteiger partial charge in [0.05, 0.1) is 5.56 Å². The van der Waals surface area contributed by atoms with Crippen molar-refractivity contribution < 1.29 is 37.4 Å². The molecule has 1 aromatic rings. The molecule has 1 N–H and O–H groups in total. The molecule has 0 aromatic heterocycles. The van der Waals surface area contributed by atoms with Crippen LogP contribution in [-0.4, -0.2) is 72.2 Å². The lowest BCUT2D eigenvalue weighted by Crippen LogP contribution is -2.48. The number of hydrogen-bond acceptors (Lipinski definition) is 6. The van der Waals surface area contributed by atoms with Crippen molar-refractivity contribution >= 4 is 23.7 Å². The topological polar surface area (TPSA) is 90.4 Å². The van der Waals surface area contributed by atoms with E-state index in [-0.39, 0.29) is 13.1 Å². The van der Waals surface area contributed by atoms with Gasteiger partial charge in [-0.15, -0.1) is 0 Å². The molecule has 2 fully saturated rings. The zero-order valence-electron chi connectivity index (χ0n) is 17.3. The van der Waals surface area contributed by atoms with Crippen LogP contribution in [0.25, 0.3) is 0 Å². The number of esters is 1. The van der Waals surface area contributed by atoms with E-state index in [1.165, 1.54) is 17.0 Å². The molecule has 0 atom stereocenters. The van der Waals surface area contributed by atoms with E-state index >= 15 is 0 Å². The average Bonchev–Trinajstić information content (AvgIpc) is 3.27. The minimum absolute atomic E-state index is 0.272. The maximum absolute atomic E-state index is 13.2. The highest BCUT2D eigenvalue weighted by atomic mass is 19.4. The van der Waals surface area contributed by atoms with Crippen molar-refractivity contribution in [3.05, 3.63) is 41.5 Å². The molecule has 0 spiro atoms. The van der Waals surface area contributed by atoms with Crippen LogP contribution >= 0.6 is 0 Å². The number of aliphatic carboxylic acids is 1. The molecular formula is C21H24F3N3O5. The number of alkyl halides is 3. The van der Waals surface area contributed by atoms with Gasteiger partial charge in [-0.25, -0.2) is 14.4 Å². The first-order chi connectivity index (χ1) is 15.1. The summed E-state index contributed by atoms with van der Waals surface area (Å²) in [4.78, 5) is 39.2. The molecule has 174 valence electrons. The second-order valence-corrected chi connectivity index (χ2v) is 7.66. The summed E-state index contributed by atoms with van der Waals surface area (Å²) in [5.74, 6) is -2.40. The van der Waals surface area contributed by atoms with Gasteiger partial charge in [0.15, 0.2) is 0 Å². The summed E-state index contributed by atoms with van der Waals surface area (Å²) >= 11 is 0. The Morgan fingerprint density at radius 3 is 2.25 bits per heavy atom. The smallest absolute Gasteiger partial charge is 0.417 e. The van der Waals surface area contributed by atoms with E-state index in [0.29, 0.717) is 37.5 Å². The third kappa shape index (κ3) is 6.22. The molecule has 0 radical (unpaired) electrons. The number of rotatable bonds is 5. The summed E-state index contributed by atoms with van der Waals surface area (Å²) in [6.45, 7) is 3.33. The summed E-state index contributed by atoms with van der Waals surface area (Å²) < 4.78 is 44.2. The highest BCUT2D eigenvalue weighted by Crippen LogP contribution is 2.35. The maximum atomic E-state index is 13.2. The highest BCUT2D eigenvalue weighted by molar-refractivity contribution is 5.95. The molecule has 0 bridgehead atoms. The summed E-state index contributed by atoms with van der Waals surface area (Å²) in [7, 11) is 0. The molecule has 8 nitrogen and oxygen atoms in total. The minimum Gasteiger partial charge on any atom is -0.478 e. The Balaban J connectivity index is 1.60. The Bertz CT molecular complexity index is 889. The van der Waals surface area contributed by atoms with Crippen LogP contribution in [0.5, 0.6) is 0 Å². The lowest BCUT2D eigenvalue weighted by molar-refractivity contribution is -0.137. The fraction of sp³-hybridized carbons (Fsp3) is 0.476. The number of carbonyl (C=O) groups is 3. The van der Waals surface area contributed by atoms with Crippen LogP contribution in [0.15, 0.2) is 30.4 Å². The van der Waals surface area contributed by atoms with Gasteiger partial charge in [-0.2, -0.15) is 13.2 Å². The number of ether oxygens (including phenoxy) is 1. The normalized spacial score (nSPS) is 17.7. The number of anilines is 1. The van der Waals surface area contributed by atoms with Gasteiger partial charge in [0, 0.05) is 63.7 Å². The van der Waals surface area contributed by atoms with E-state index in [1.807, 2.05) is 9.80 Å². The van der Waals surface area contributed by atoms with Crippen molar-refractivity contribution in [3.63, 3.8) is 0 Å². The predicted molar refractivity (Wildman–Crippen MR) is 108 cm³/mol. The first-order valence-corrected chi connectivity index (χ1v) is 10.2. The molecule has 32 heavy (non-hydrogen) atoms. The van der Waals surface area contributed by atoms with E-state index in [2.05, 4.69) is 4.74 Å². The van der Waals surface area contributed by atoms with E-state index < -0.39 is 29.8 Å². The first-order valence-electron chi connectivity index (χ1n) is 10.2. The van der Waals surface area contributed by atoms with Gasteiger partial charge < -0.3 is 19.6 Å². The van der Waals surface area contributed by atoms with Crippen molar-refractivity contribution in [3.8, 4) is 0 Å². The van der Waals surface area contributed by atoms with Gasteiger partial charge in [0.2, 0.25) is 0 Å². The van der Waals surface area contributed by atoms with E-state index in [4.69, 9.17) is 5.11 Å². The number of amides is 1. The monoisotopic (exact) mass is 455 g/mol. The van der Waals surface area contributed by atoms with Crippen LogP contribution in [0, 0.1) is 0 Å². The molecular weight excluding hydrogens is 431 g/mol. The van der Waals surface area contributed by atoms with Gasteiger partial charge in [-0.3, -0.25) is 4.90 Å². The molecule has 1 aromatic carbocycles. The molecule has 1 amide bonds. The van der Waals surface area contributed by atoms with E-state index in [1.54, 1.807) is 0 Å². The van der Waals surface area contributed by atoms with Crippen LogP contribution in [-0.2, 0) is 27.0 Å². The molecule has 11 heteroatoms. The maximum Gasteiger partial charge on any atom is 0.417 e. The summed E-state index contributed by atoms with van der Waals surface area (Å²) in [5.41, 5.74) is 0.720. The summed E-state index contributed by atoms with van der Waals surface area (Å²) in [6.07, 6.45) is -2.16. The largest absolute Gasteiger partial charge is 0.478 e. The fourth-order valence-electron chi connectivity index (χ4n) is 3.78. The van der Waals surface area contributed by atoms with Crippen molar-refractivity contribution in [2.45, 2.75) is 25.6 Å². The molecule has 2 aliphatic rings. The number of piperazine rings is 1. The molecule has 2 saturated heterocycles. The Morgan fingerprint density at radius 2 is 1.66 bits per heavy atom. The first kappa shape index (κ1) is 23.6. The Morgan fingerprint density at radius 1 is 1.00 bits per heavy atom. The average molecular weight is 455 g/mol. The molecule has 2 aliphatic heterocycles. The number of hydrogen-bond donors (Lipinski definition) is 1. The number of nitrogens with zero attached hydrogens (tertiary/aromatic N) is 3. The zero-order chi connectivity index (χ0) is 23.3. The summed E-state index contributed by atoms with van der Waals surface area (Å²) in [6, 6.07) is 3.83. The highest BCUT2D eigenvalue weighted by Gasteiger charge is 2.32. The quantitative estimate of drug-likeness (QED) is 0.415. The van der Waals surface area contributed by atoms with Gasteiger partial charge in [-0.1, -0.05) is 6.07 Å². The van der Waals surface area contributed by atoms with Crippen LogP contribution in [0.4, 0.5) is 23.7 Å². The van der Waals surface area contributed by atoms with Crippen molar-refractivity contribution in [1.82, 2.24) is 9.80 Å². The third-order valence-electron chi connectivity index (χ3n) is 5.43. The lowest BCUT2D eigenvalue weighted by Gasteiger charge is -2.34. The number of halogens is 3. The number of benzene rings is 1. The summed E-state index contributed by atoms with van der Waals surface area (Å²) in [5, 5.41) is 8.49. The van der Waals surface area contributed by atoms with Crippen LogP contribution in [0.1, 0.15) is 24.0 Å². The van der Waals surface area contributed by atoms with Crippen LogP contribution in [0.2, 0.25) is 0 Å². The van der Waals surface area contributed by atoms with Crippen LogP contribution < -0.4 is 4.90 Å². The predicted octanol–water partition coefficient (Wildman–Crippen LogP) is 2.73. The van der Waals surface area contributed by atoms with Gasteiger partial charge in [0.25, 0.3) is 0 Å². The van der Waals surface area contributed by atoms with Gasteiger partial charge in [-0.05, 0) is 30.5 Å². The van der Waals surface area contributed by atoms with E-state index in [0.717, 1.165) is 37.6 Å². The molecule has 3 rings (SSSR count). The number of carbonyl (C=O) groups excluding carboxylic acids is 2. The van der Waals surface area contributed by atoms with Crippen molar-refractivity contribution in [1.29, 1.82) is 0 Å². The lowest BCUT2D eigenvalue weighted by atomic mass is 10.1. The van der Waals surface area contributed by atoms with E-state index in [9.17, 15) is 27.6 Å². The van der Waals surface area contributed by atoms with Crippen molar-refractivity contribution in [2.75, 3.05) is 44.2 Å². The molecule has 0 aliphatic carbocycles. The number of carboxylic acid groups (broad SMARTS) is 1. The van der Waals surface area contributed by atoms with Crippen LogP contribution in [0.3, 0.4) is 0 Å². The molecule has 0 unspecified atom stereocenters. The minimum atomic E-state index is -4.41. The second kappa shape index (κ2) is 10.0. The van der Waals surface area contributed by atoms with Crippen molar-refractivity contribution in [2.24, 2.45) is 0 Å². The Kier molecular flexibility index (Phi) is 7.39. The zero-order valence-corrected chi connectivity index (χ0v) is 17.3. The Labute approximate surface area is 182 Å². The Hall–Kier alpha value is -3.08. The SMILES string of the molecule is O=C(O)/C=C/C(=O)OC(=O)N1CCN(Cc2ccc(C(F)(F)F)cc2N2CCCC2)CC1. The number of carboxylic acids is 1.